The van der Waals surface area contributed by atoms with Gasteiger partial charge in [-0.25, -0.2) is 0 Å². The molecule has 0 aromatic heterocycles. The number of hydrogen-bond acceptors (Lipinski definition) is 4. The second kappa shape index (κ2) is 11.9. The Morgan fingerprint density at radius 3 is 1.77 bits per heavy atom. The second-order valence-electron chi connectivity index (χ2n) is 10.1. The fourth-order valence-electron chi connectivity index (χ4n) is 4.70. The number of phenolic OH excluding ortho intramolecular Hbond substituents is 1. The Hall–Kier alpha value is -2.59. The summed E-state index contributed by atoms with van der Waals surface area (Å²) in [6, 6.07) is 15.7. The molecule has 0 saturated carbocycles. The van der Waals surface area contributed by atoms with Crippen LogP contribution in [0.3, 0.4) is 0 Å². The van der Waals surface area contributed by atoms with Crippen molar-refractivity contribution in [2.24, 2.45) is 0 Å². The third kappa shape index (κ3) is 6.55. The van der Waals surface area contributed by atoms with Gasteiger partial charge >= 0.3 is 0 Å². The SMILES string of the molecule is C=C(C)C(=O)C(CC)(CC)OCCC(CC)(CC)Oc1ccc(C(C)(C)c2ccc(O)cc2)cc1. The molecule has 0 aliphatic rings. The van der Waals surface area contributed by atoms with E-state index in [1.807, 2.05) is 38.1 Å². The van der Waals surface area contributed by atoms with E-state index >= 15 is 0 Å². The highest BCUT2D eigenvalue weighted by atomic mass is 16.5. The number of ketones is 1. The van der Waals surface area contributed by atoms with Crippen molar-refractivity contribution < 1.29 is 19.4 Å². The van der Waals surface area contributed by atoms with Gasteiger partial charge in [0.1, 0.15) is 22.7 Å². The van der Waals surface area contributed by atoms with Crippen LogP contribution in [0.5, 0.6) is 11.5 Å². The highest BCUT2D eigenvalue weighted by Gasteiger charge is 2.37. The van der Waals surface area contributed by atoms with Crippen LogP contribution in [0.1, 0.15) is 91.7 Å². The Morgan fingerprint density at radius 1 is 0.857 bits per heavy atom. The van der Waals surface area contributed by atoms with Crippen LogP contribution < -0.4 is 4.74 Å². The van der Waals surface area contributed by atoms with E-state index in [0.717, 1.165) is 24.2 Å². The highest BCUT2D eigenvalue weighted by molar-refractivity contribution is 6.00. The number of ether oxygens (including phenoxy) is 2. The molecule has 35 heavy (non-hydrogen) atoms. The van der Waals surface area contributed by atoms with Crippen molar-refractivity contribution in [1.82, 2.24) is 0 Å². The number of hydrogen-bond donors (Lipinski definition) is 1. The fourth-order valence-corrected chi connectivity index (χ4v) is 4.70. The number of rotatable bonds is 14. The summed E-state index contributed by atoms with van der Waals surface area (Å²) in [4.78, 5) is 12.8. The summed E-state index contributed by atoms with van der Waals surface area (Å²) >= 11 is 0. The van der Waals surface area contributed by atoms with Gasteiger partial charge < -0.3 is 14.6 Å². The maximum atomic E-state index is 12.8. The molecule has 0 bridgehead atoms. The predicted octanol–water partition coefficient (Wildman–Crippen LogP) is 7.77. The van der Waals surface area contributed by atoms with Crippen molar-refractivity contribution >= 4 is 5.78 Å². The Bertz CT molecular complexity index is 962. The Kier molecular flexibility index (Phi) is 9.74. The molecule has 2 aromatic rings. The lowest BCUT2D eigenvalue weighted by molar-refractivity contribution is -0.144. The fraction of sp³-hybridized carbons (Fsp3) is 0.516. The first kappa shape index (κ1) is 28.6. The van der Waals surface area contributed by atoms with Gasteiger partial charge in [0.15, 0.2) is 5.78 Å². The first-order valence-electron chi connectivity index (χ1n) is 12.9. The van der Waals surface area contributed by atoms with Gasteiger partial charge in [-0.1, -0.05) is 72.4 Å². The molecule has 192 valence electrons. The van der Waals surface area contributed by atoms with Crippen LogP contribution in [0.4, 0.5) is 0 Å². The summed E-state index contributed by atoms with van der Waals surface area (Å²) in [6.07, 6.45) is 3.63. The topological polar surface area (TPSA) is 55.8 Å². The third-order valence-electron chi connectivity index (χ3n) is 7.67. The summed E-state index contributed by atoms with van der Waals surface area (Å²) in [5.41, 5.74) is 1.47. The summed E-state index contributed by atoms with van der Waals surface area (Å²) in [5, 5.41) is 9.62. The van der Waals surface area contributed by atoms with Crippen LogP contribution >= 0.6 is 0 Å². The summed E-state index contributed by atoms with van der Waals surface area (Å²) in [6.45, 7) is 18.7. The molecule has 0 amide bonds. The van der Waals surface area contributed by atoms with E-state index < -0.39 is 5.60 Å². The maximum Gasteiger partial charge on any atom is 0.189 e. The molecule has 0 aliphatic carbocycles. The van der Waals surface area contributed by atoms with Gasteiger partial charge in [-0.05, 0) is 73.6 Å². The number of Topliss-reactive ketones (excluding diaryl/α,β-unsaturated/α-hetero) is 1. The minimum absolute atomic E-state index is 0.00570. The van der Waals surface area contributed by atoms with E-state index in [4.69, 9.17) is 9.47 Å². The third-order valence-corrected chi connectivity index (χ3v) is 7.67. The minimum Gasteiger partial charge on any atom is -0.508 e. The molecule has 4 heteroatoms. The first-order chi connectivity index (χ1) is 16.5. The molecule has 0 heterocycles. The zero-order valence-corrected chi connectivity index (χ0v) is 22.7. The number of carbonyl (C=O) groups is 1. The van der Waals surface area contributed by atoms with Gasteiger partial charge in [-0.3, -0.25) is 4.79 Å². The maximum absolute atomic E-state index is 12.8. The number of phenols is 1. The second-order valence-corrected chi connectivity index (χ2v) is 10.1. The lowest BCUT2D eigenvalue weighted by Gasteiger charge is -2.36. The van der Waals surface area contributed by atoms with Crippen LogP contribution in [-0.4, -0.2) is 28.7 Å². The van der Waals surface area contributed by atoms with Gasteiger partial charge in [0.05, 0.1) is 6.61 Å². The van der Waals surface area contributed by atoms with Crippen LogP contribution in [-0.2, 0) is 14.9 Å². The lowest BCUT2D eigenvalue weighted by atomic mass is 9.78. The van der Waals surface area contributed by atoms with Crippen LogP contribution in [0.2, 0.25) is 0 Å². The minimum atomic E-state index is -0.805. The molecule has 0 atom stereocenters. The van der Waals surface area contributed by atoms with Crippen molar-refractivity contribution in [3.8, 4) is 11.5 Å². The molecule has 4 nitrogen and oxygen atoms in total. The van der Waals surface area contributed by atoms with Gasteiger partial charge in [0.25, 0.3) is 0 Å². The zero-order valence-electron chi connectivity index (χ0n) is 22.7. The quantitative estimate of drug-likeness (QED) is 0.281. The normalized spacial score (nSPS) is 12.4. The van der Waals surface area contributed by atoms with Crippen molar-refractivity contribution in [2.75, 3.05) is 6.61 Å². The molecule has 2 rings (SSSR count). The lowest BCUT2D eigenvalue weighted by Crippen LogP contribution is -2.43. The summed E-state index contributed by atoms with van der Waals surface area (Å²) < 4.78 is 12.8. The molecular weight excluding hydrogens is 436 g/mol. The highest BCUT2D eigenvalue weighted by Crippen LogP contribution is 2.35. The summed E-state index contributed by atoms with van der Waals surface area (Å²) in [7, 11) is 0. The van der Waals surface area contributed by atoms with Gasteiger partial charge in [0, 0.05) is 11.8 Å². The molecular formula is C31H44O4. The van der Waals surface area contributed by atoms with E-state index in [0.29, 0.717) is 31.4 Å². The zero-order chi connectivity index (χ0) is 26.3. The molecule has 0 spiro atoms. The van der Waals surface area contributed by atoms with E-state index in [2.05, 4.69) is 46.4 Å². The van der Waals surface area contributed by atoms with Crippen LogP contribution in [0.25, 0.3) is 0 Å². The van der Waals surface area contributed by atoms with Crippen molar-refractivity contribution in [3.63, 3.8) is 0 Å². The van der Waals surface area contributed by atoms with Crippen LogP contribution in [0.15, 0.2) is 60.7 Å². The summed E-state index contributed by atoms with van der Waals surface area (Å²) in [5.74, 6) is 1.09. The average Bonchev–Trinajstić information content (AvgIpc) is 2.86. The average molecular weight is 481 g/mol. The molecule has 1 N–H and O–H groups in total. The van der Waals surface area contributed by atoms with Crippen molar-refractivity contribution in [2.45, 2.75) is 97.2 Å². The Morgan fingerprint density at radius 2 is 1.34 bits per heavy atom. The van der Waals surface area contributed by atoms with Gasteiger partial charge in [0.2, 0.25) is 0 Å². The number of aromatic hydroxyl groups is 1. The van der Waals surface area contributed by atoms with E-state index in [9.17, 15) is 9.90 Å². The molecule has 0 aliphatic heterocycles. The first-order valence-corrected chi connectivity index (χ1v) is 12.9. The Labute approximate surface area is 212 Å². The van der Waals surface area contributed by atoms with Gasteiger partial charge in [-0.15, -0.1) is 0 Å². The van der Waals surface area contributed by atoms with E-state index in [1.165, 1.54) is 5.56 Å². The number of benzene rings is 2. The smallest absolute Gasteiger partial charge is 0.189 e. The monoisotopic (exact) mass is 480 g/mol. The van der Waals surface area contributed by atoms with E-state index in [-0.39, 0.29) is 22.5 Å². The molecule has 0 unspecified atom stereocenters. The largest absolute Gasteiger partial charge is 0.508 e. The van der Waals surface area contributed by atoms with E-state index in [1.54, 1.807) is 19.1 Å². The van der Waals surface area contributed by atoms with Crippen LogP contribution in [0, 0.1) is 0 Å². The van der Waals surface area contributed by atoms with Gasteiger partial charge in [-0.2, -0.15) is 0 Å². The Balaban J connectivity index is 2.15. The number of carbonyl (C=O) groups excluding carboxylic acids is 1. The standard InChI is InChI=1S/C31H44O4/c1-9-30(10-2,21-22-34-31(11-3,12-4)28(33)23(5)6)35-27-19-15-25(16-20-27)29(7,8)24-13-17-26(32)18-14-24/h13-20,32H,5,9-12,21-22H2,1-4,6-8H3. The van der Waals surface area contributed by atoms with Crippen molar-refractivity contribution in [1.29, 1.82) is 0 Å². The predicted molar refractivity (Wildman–Crippen MR) is 144 cm³/mol. The molecule has 0 saturated heterocycles. The molecule has 0 radical (unpaired) electrons. The molecule has 0 fully saturated rings. The molecule has 2 aromatic carbocycles. The van der Waals surface area contributed by atoms with Crippen molar-refractivity contribution in [3.05, 3.63) is 71.8 Å².